The zero-order valence-corrected chi connectivity index (χ0v) is 8.62. The zero-order valence-electron chi connectivity index (χ0n) is 8.62. The molecule has 0 aromatic carbocycles. The molecule has 1 unspecified atom stereocenters. The molecular weight excluding hydrogens is 170 g/mol. The number of methoxy groups -OCH3 is 1. The number of carboxylic acid groups (broad SMARTS) is 1. The van der Waals surface area contributed by atoms with Gasteiger partial charge in [-0.25, -0.2) is 0 Å². The Morgan fingerprint density at radius 2 is 2.23 bits per heavy atom. The van der Waals surface area contributed by atoms with E-state index in [4.69, 9.17) is 9.84 Å². The SMILES string of the molecule is CCN(CCOC)CC(C)C(=O)O. The van der Waals surface area contributed by atoms with E-state index < -0.39 is 5.97 Å². The van der Waals surface area contributed by atoms with Crippen molar-refractivity contribution in [3.8, 4) is 0 Å². The lowest BCUT2D eigenvalue weighted by atomic mass is 10.2. The van der Waals surface area contributed by atoms with Crippen LogP contribution in [0.4, 0.5) is 0 Å². The van der Waals surface area contributed by atoms with Crippen molar-refractivity contribution in [3.63, 3.8) is 0 Å². The van der Waals surface area contributed by atoms with Crippen LogP contribution in [-0.4, -0.2) is 49.3 Å². The Kier molecular flexibility index (Phi) is 6.54. The normalized spacial score (nSPS) is 13.2. The Balaban J connectivity index is 3.75. The van der Waals surface area contributed by atoms with Gasteiger partial charge in [0.15, 0.2) is 0 Å². The van der Waals surface area contributed by atoms with Crippen LogP contribution in [0, 0.1) is 5.92 Å². The standard InChI is InChI=1S/C9H19NO3/c1-4-10(5-6-13-3)7-8(2)9(11)12/h8H,4-7H2,1-3H3,(H,11,12). The van der Waals surface area contributed by atoms with Gasteiger partial charge in [0, 0.05) is 20.2 Å². The first-order valence-electron chi connectivity index (χ1n) is 4.55. The lowest BCUT2D eigenvalue weighted by molar-refractivity contribution is -0.141. The number of aliphatic carboxylic acids is 1. The molecule has 0 amide bonds. The first-order valence-corrected chi connectivity index (χ1v) is 4.55. The molecule has 1 atom stereocenters. The third-order valence-corrected chi connectivity index (χ3v) is 2.01. The number of ether oxygens (including phenoxy) is 1. The molecule has 0 aromatic rings. The van der Waals surface area contributed by atoms with Crippen molar-refractivity contribution >= 4 is 5.97 Å². The molecule has 0 saturated carbocycles. The van der Waals surface area contributed by atoms with E-state index in [0.717, 1.165) is 13.1 Å². The van der Waals surface area contributed by atoms with Crippen LogP contribution >= 0.6 is 0 Å². The van der Waals surface area contributed by atoms with Crippen LogP contribution in [0.25, 0.3) is 0 Å². The Bertz CT molecular complexity index is 150. The minimum Gasteiger partial charge on any atom is -0.481 e. The number of rotatable bonds is 7. The van der Waals surface area contributed by atoms with Gasteiger partial charge in [-0.3, -0.25) is 4.79 Å². The van der Waals surface area contributed by atoms with Gasteiger partial charge in [0.1, 0.15) is 0 Å². The van der Waals surface area contributed by atoms with Gasteiger partial charge in [-0.2, -0.15) is 0 Å². The second kappa shape index (κ2) is 6.86. The quantitative estimate of drug-likeness (QED) is 0.639. The molecule has 1 N–H and O–H groups in total. The highest BCUT2D eigenvalue weighted by Crippen LogP contribution is 1.99. The van der Waals surface area contributed by atoms with Gasteiger partial charge in [0.2, 0.25) is 0 Å². The third kappa shape index (κ3) is 5.60. The molecule has 0 aliphatic heterocycles. The van der Waals surface area contributed by atoms with Gasteiger partial charge in [-0.05, 0) is 6.54 Å². The molecule has 0 saturated heterocycles. The zero-order chi connectivity index (χ0) is 10.3. The monoisotopic (exact) mass is 189 g/mol. The van der Waals surface area contributed by atoms with Gasteiger partial charge in [0.25, 0.3) is 0 Å². The molecule has 0 spiro atoms. The summed E-state index contributed by atoms with van der Waals surface area (Å²) in [6, 6.07) is 0. The van der Waals surface area contributed by atoms with Crippen molar-refractivity contribution in [3.05, 3.63) is 0 Å². The summed E-state index contributed by atoms with van der Waals surface area (Å²) in [4.78, 5) is 12.6. The smallest absolute Gasteiger partial charge is 0.307 e. The highest BCUT2D eigenvalue weighted by Gasteiger charge is 2.14. The predicted molar refractivity (Wildman–Crippen MR) is 50.8 cm³/mol. The lowest BCUT2D eigenvalue weighted by Crippen LogP contribution is -2.34. The van der Waals surface area contributed by atoms with E-state index >= 15 is 0 Å². The van der Waals surface area contributed by atoms with Crippen molar-refractivity contribution in [2.24, 2.45) is 5.92 Å². The van der Waals surface area contributed by atoms with Crippen LogP contribution < -0.4 is 0 Å². The second-order valence-electron chi connectivity index (χ2n) is 3.13. The fourth-order valence-electron chi connectivity index (χ4n) is 1.06. The maximum atomic E-state index is 10.6. The van der Waals surface area contributed by atoms with Gasteiger partial charge >= 0.3 is 5.97 Å². The molecular formula is C9H19NO3. The van der Waals surface area contributed by atoms with Gasteiger partial charge in [-0.15, -0.1) is 0 Å². The van der Waals surface area contributed by atoms with E-state index in [-0.39, 0.29) is 5.92 Å². The molecule has 0 bridgehead atoms. The van der Waals surface area contributed by atoms with Gasteiger partial charge in [-0.1, -0.05) is 13.8 Å². The van der Waals surface area contributed by atoms with E-state index in [1.54, 1.807) is 14.0 Å². The Hall–Kier alpha value is -0.610. The number of carbonyl (C=O) groups is 1. The predicted octanol–water partition coefficient (Wildman–Crippen LogP) is 0.675. The van der Waals surface area contributed by atoms with Crippen LogP contribution in [-0.2, 0) is 9.53 Å². The summed E-state index contributed by atoms with van der Waals surface area (Å²) in [5, 5.41) is 8.69. The number of likely N-dealkylation sites (N-methyl/N-ethyl adjacent to an activating group) is 1. The summed E-state index contributed by atoms with van der Waals surface area (Å²) < 4.78 is 4.93. The van der Waals surface area contributed by atoms with Crippen LogP contribution in [0.5, 0.6) is 0 Å². The van der Waals surface area contributed by atoms with Crippen LogP contribution in [0.2, 0.25) is 0 Å². The number of hydrogen-bond acceptors (Lipinski definition) is 3. The Morgan fingerprint density at radius 1 is 1.62 bits per heavy atom. The van der Waals surface area contributed by atoms with Crippen molar-refractivity contribution < 1.29 is 14.6 Å². The maximum absolute atomic E-state index is 10.6. The highest BCUT2D eigenvalue weighted by molar-refractivity contribution is 5.69. The molecule has 13 heavy (non-hydrogen) atoms. The molecule has 0 rings (SSSR count). The third-order valence-electron chi connectivity index (χ3n) is 2.01. The maximum Gasteiger partial charge on any atom is 0.307 e. The Labute approximate surface area is 79.5 Å². The van der Waals surface area contributed by atoms with E-state index in [0.29, 0.717) is 13.2 Å². The van der Waals surface area contributed by atoms with E-state index in [2.05, 4.69) is 4.90 Å². The first kappa shape index (κ1) is 12.4. The molecule has 0 heterocycles. The van der Waals surface area contributed by atoms with Crippen molar-refractivity contribution in [1.29, 1.82) is 0 Å². The molecule has 0 aromatic heterocycles. The summed E-state index contributed by atoms with van der Waals surface area (Å²) in [6.07, 6.45) is 0. The fraction of sp³-hybridized carbons (Fsp3) is 0.889. The summed E-state index contributed by atoms with van der Waals surface area (Å²) >= 11 is 0. The first-order chi connectivity index (χ1) is 6.11. The van der Waals surface area contributed by atoms with Crippen LogP contribution in [0.1, 0.15) is 13.8 Å². The van der Waals surface area contributed by atoms with Crippen molar-refractivity contribution in [2.45, 2.75) is 13.8 Å². The fourth-order valence-corrected chi connectivity index (χ4v) is 1.06. The molecule has 78 valence electrons. The number of nitrogens with zero attached hydrogens (tertiary/aromatic N) is 1. The number of carboxylic acids is 1. The summed E-state index contributed by atoms with van der Waals surface area (Å²) in [5.74, 6) is -1.05. The van der Waals surface area contributed by atoms with E-state index in [1.165, 1.54) is 0 Å². The number of hydrogen-bond donors (Lipinski definition) is 1. The van der Waals surface area contributed by atoms with Crippen LogP contribution in [0.15, 0.2) is 0 Å². The van der Waals surface area contributed by atoms with E-state index in [1.807, 2.05) is 6.92 Å². The average Bonchev–Trinajstić information content (AvgIpc) is 2.11. The van der Waals surface area contributed by atoms with Crippen molar-refractivity contribution in [1.82, 2.24) is 4.90 Å². The average molecular weight is 189 g/mol. The summed E-state index contributed by atoms with van der Waals surface area (Å²) in [6.45, 7) is 6.64. The molecule has 0 radical (unpaired) electrons. The van der Waals surface area contributed by atoms with Gasteiger partial charge < -0.3 is 14.7 Å². The van der Waals surface area contributed by atoms with Gasteiger partial charge in [0.05, 0.1) is 12.5 Å². The Morgan fingerprint density at radius 3 is 2.62 bits per heavy atom. The summed E-state index contributed by atoms with van der Waals surface area (Å²) in [5.41, 5.74) is 0. The largest absolute Gasteiger partial charge is 0.481 e. The second-order valence-corrected chi connectivity index (χ2v) is 3.13. The molecule has 4 nitrogen and oxygen atoms in total. The van der Waals surface area contributed by atoms with Crippen molar-refractivity contribution in [2.75, 3.05) is 33.4 Å². The minimum absolute atomic E-state index is 0.309. The minimum atomic E-state index is -0.740. The van der Waals surface area contributed by atoms with Crippen LogP contribution in [0.3, 0.4) is 0 Å². The topological polar surface area (TPSA) is 49.8 Å². The molecule has 0 aliphatic carbocycles. The molecule has 0 aliphatic rings. The van der Waals surface area contributed by atoms with E-state index in [9.17, 15) is 4.79 Å². The lowest BCUT2D eigenvalue weighted by Gasteiger charge is -2.21. The highest BCUT2D eigenvalue weighted by atomic mass is 16.5. The molecule has 0 fully saturated rings. The summed E-state index contributed by atoms with van der Waals surface area (Å²) in [7, 11) is 1.65. The molecule has 4 heteroatoms.